The molecule has 0 bridgehead atoms. The average Bonchev–Trinajstić information content (AvgIpc) is 2.15. The molecule has 0 saturated heterocycles. The van der Waals surface area contributed by atoms with E-state index in [0.717, 1.165) is 0 Å². The van der Waals surface area contributed by atoms with Crippen LogP contribution in [0.15, 0.2) is 4.79 Å². The first kappa shape index (κ1) is 13.4. The molecule has 1 aromatic heterocycles. The lowest BCUT2D eigenvalue weighted by Crippen LogP contribution is -2.28. The molecule has 1 rings (SSSR count). The molecule has 0 radical (unpaired) electrons. The summed E-state index contributed by atoms with van der Waals surface area (Å²) in [6, 6.07) is 0. The zero-order valence-electron chi connectivity index (χ0n) is 10.9. The van der Waals surface area contributed by atoms with Gasteiger partial charge in [-0.2, -0.15) is 0 Å². The van der Waals surface area contributed by atoms with Crippen LogP contribution in [0.5, 0.6) is 0 Å². The minimum absolute atomic E-state index is 0.0140. The quantitative estimate of drug-likeness (QED) is 0.793. The molecule has 94 valence electrons. The molecule has 17 heavy (non-hydrogen) atoms. The smallest absolute Gasteiger partial charge is 0.345 e. The van der Waals surface area contributed by atoms with Crippen molar-refractivity contribution in [3.05, 3.63) is 27.4 Å². The topological polar surface area (TPSA) is 72.0 Å². The molecule has 0 saturated carbocycles. The van der Waals surface area contributed by atoms with Gasteiger partial charge in [0.25, 0.3) is 5.56 Å². The molecule has 0 unspecified atom stereocenters. The second-order valence-corrected chi connectivity index (χ2v) is 4.85. The van der Waals surface area contributed by atoms with E-state index in [9.17, 15) is 9.59 Å². The van der Waals surface area contributed by atoms with Crippen LogP contribution in [0.3, 0.4) is 0 Å². The van der Waals surface area contributed by atoms with Gasteiger partial charge >= 0.3 is 5.97 Å². The second kappa shape index (κ2) is 4.69. The van der Waals surface area contributed by atoms with Crippen molar-refractivity contribution < 1.29 is 9.53 Å². The van der Waals surface area contributed by atoms with Gasteiger partial charge in [-0.25, -0.2) is 9.78 Å². The van der Waals surface area contributed by atoms with Gasteiger partial charge in [0, 0.05) is 5.41 Å². The maximum absolute atomic E-state index is 11.8. The van der Waals surface area contributed by atoms with Crippen molar-refractivity contribution in [2.45, 2.75) is 40.0 Å². The predicted octanol–water partition coefficient (Wildman–Crippen LogP) is 1.55. The molecule has 5 heteroatoms. The fourth-order valence-corrected chi connectivity index (χ4v) is 1.38. The number of rotatable bonds is 2. The number of aryl methyl sites for hydroxylation is 1. The van der Waals surface area contributed by atoms with Gasteiger partial charge in [0.1, 0.15) is 11.4 Å². The van der Waals surface area contributed by atoms with E-state index >= 15 is 0 Å². The van der Waals surface area contributed by atoms with Crippen LogP contribution in [0.4, 0.5) is 0 Å². The number of ether oxygens (including phenoxy) is 1. The SMILES string of the molecule is CCOC(=O)c1c(C)nc(C(C)(C)C)[nH]c1=O. The van der Waals surface area contributed by atoms with E-state index in [1.807, 2.05) is 20.8 Å². The monoisotopic (exact) mass is 238 g/mol. The molecule has 0 aliphatic rings. The number of carbonyl (C=O) groups excluding carboxylic acids is 1. The van der Waals surface area contributed by atoms with Crippen molar-refractivity contribution >= 4 is 5.97 Å². The van der Waals surface area contributed by atoms with Crippen LogP contribution >= 0.6 is 0 Å². The lowest BCUT2D eigenvalue weighted by atomic mass is 9.95. The Morgan fingerprint density at radius 3 is 2.41 bits per heavy atom. The average molecular weight is 238 g/mol. The number of hydrogen-bond acceptors (Lipinski definition) is 4. The zero-order chi connectivity index (χ0) is 13.2. The van der Waals surface area contributed by atoms with Crippen LogP contribution in [0.1, 0.15) is 49.6 Å². The van der Waals surface area contributed by atoms with Crippen LogP contribution < -0.4 is 5.56 Å². The van der Waals surface area contributed by atoms with Crippen molar-refractivity contribution in [3.8, 4) is 0 Å². The molecule has 0 spiro atoms. The molecule has 0 atom stereocenters. The van der Waals surface area contributed by atoms with E-state index in [4.69, 9.17) is 4.74 Å². The van der Waals surface area contributed by atoms with Crippen molar-refractivity contribution in [1.29, 1.82) is 0 Å². The Balaban J connectivity index is 3.30. The summed E-state index contributed by atoms with van der Waals surface area (Å²) in [6.07, 6.45) is 0. The summed E-state index contributed by atoms with van der Waals surface area (Å²) in [4.78, 5) is 30.3. The normalized spacial score (nSPS) is 11.4. The summed E-state index contributed by atoms with van der Waals surface area (Å²) in [6.45, 7) is 9.38. The molecule has 0 aliphatic carbocycles. The Labute approximate surface area is 100 Å². The highest BCUT2D eigenvalue weighted by atomic mass is 16.5. The van der Waals surface area contributed by atoms with Gasteiger partial charge in [-0.3, -0.25) is 4.79 Å². The van der Waals surface area contributed by atoms with E-state index in [-0.39, 0.29) is 17.6 Å². The summed E-state index contributed by atoms with van der Waals surface area (Å²) in [5.74, 6) is -0.0627. The molecule has 0 aromatic carbocycles. The number of hydrogen-bond donors (Lipinski definition) is 1. The van der Waals surface area contributed by atoms with Crippen molar-refractivity contribution in [1.82, 2.24) is 9.97 Å². The van der Waals surface area contributed by atoms with Crippen LogP contribution in [0.2, 0.25) is 0 Å². The van der Waals surface area contributed by atoms with Gasteiger partial charge in [-0.15, -0.1) is 0 Å². The van der Waals surface area contributed by atoms with E-state index in [0.29, 0.717) is 11.5 Å². The summed E-state index contributed by atoms with van der Waals surface area (Å²) in [5.41, 5.74) is -0.324. The Bertz CT molecular complexity index is 484. The number of esters is 1. The third-order valence-corrected chi connectivity index (χ3v) is 2.29. The number of nitrogens with one attached hydrogen (secondary N) is 1. The Morgan fingerprint density at radius 2 is 2.00 bits per heavy atom. The van der Waals surface area contributed by atoms with E-state index in [1.54, 1.807) is 13.8 Å². The summed E-state index contributed by atoms with van der Waals surface area (Å²) in [7, 11) is 0. The molecular formula is C12H18N2O3. The summed E-state index contributed by atoms with van der Waals surface area (Å²) >= 11 is 0. The summed E-state index contributed by atoms with van der Waals surface area (Å²) in [5, 5.41) is 0. The third-order valence-electron chi connectivity index (χ3n) is 2.29. The number of aromatic amines is 1. The van der Waals surface area contributed by atoms with Crippen molar-refractivity contribution in [2.75, 3.05) is 6.61 Å². The maximum atomic E-state index is 11.8. The molecule has 1 N–H and O–H groups in total. The number of carbonyl (C=O) groups is 1. The van der Waals surface area contributed by atoms with E-state index in [1.165, 1.54) is 0 Å². The maximum Gasteiger partial charge on any atom is 0.345 e. The third kappa shape index (κ3) is 2.93. The molecule has 0 amide bonds. The first-order valence-corrected chi connectivity index (χ1v) is 5.56. The standard InChI is InChI=1S/C12H18N2O3/c1-6-17-10(16)8-7(2)13-11(12(3,4)5)14-9(8)15/h6H2,1-5H3,(H,13,14,15). The van der Waals surface area contributed by atoms with Gasteiger partial charge < -0.3 is 9.72 Å². The zero-order valence-corrected chi connectivity index (χ0v) is 10.9. The molecule has 1 heterocycles. The van der Waals surface area contributed by atoms with E-state index < -0.39 is 11.5 Å². The highest BCUT2D eigenvalue weighted by molar-refractivity contribution is 5.90. The lowest BCUT2D eigenvalue weighted by molar-refractivity contribution is 0.0522. The lowest BCUT2D eigenvalue weighted by Gasteiger charge is -2.18. The van der Waals surface area contributed by atoms with Crippen molar-refractivity contribution in [3.63, 3.8) is 0 Å². The number of nitrogens with zero attached hydrogens (tertiary/aromatic N) is 1. The minimum atomic E-state index is -0.626. The minimum Gasteiger partial charge on any atom is -0.462 e. The molecular weight excluding hydrogens is 220 g/mol. The van der Waals surface area contributed by atoms with Gasteiger partial charge in [-0.05, 0) is 13.8 Å². The fraction of sp³-hybridized carbons (Fsp3) is 0.583. The van der Waals surface area contributed by atoms with E-state index in [2.05, 4.69) is 9.97 Å². The molecule has 1 aromatic rings. The van der Waals surface area contributed by atoms with Gasteiger partial charge in [0.05, 0.1) is 12.3 Å². The summed E-state index contributed by atoms with van der Waals surface area (Å²) < 4.78 is 4.82. The first-order chi connectivity index (χ1) is 7.77. The predicted molar refractivity (Wildman–Crippen MR) is 64.3 cm³/mol. The molecule has 0 fully saturated rings. The highest BCUT2D eigenvalue weighted by Crippen LogP contribution is 2.17. The van der Waals surface area contributed by atoms with Crippen LogP contribution in [0, 0.1) is 6.92 Å². The van der Waals surface area contributed by atoms with Gasteiger partial charge in [0.2, 0.25) is 0 Å². The fourth-order valence-electron chi connectivity index (χ4n) is 1.38. The van der Waals surface area contributed by atoms with Crippen molar-refractivity contribution in [2.24, 2.45) is 0 Å². The van der Waals surface area contributed by atoms with Gasteiger partial charge in [-0.1, -0.05) is 20.8 Å². The molecule has 0 aliphatic heterocycles. The van der Waals surface area contributed by atoms with Gasteiger partial charge in [0.15, 0.2) is 0 Å². The van der Waals surface area contributed by atoms with Crippen LogP contribution in [0.25, 0.3) is 0 Å². The Kier molecular flexibility index (Phi) is 3.70. The number of H-pyrrole nitrogens is 1. The number of aromatic nitrogens is 2. The Morgan fingerprint density at radius 1 is 1.41 bits per heavy atom. The largest absolute Gasteiger partial charge is 0.462 e. The highest BCUT2D eigenvalue weighted by Gasteiger charge is 2.22. The Hall–Kier alpha value is -1.65. The second-order valence-electron chi connectivity index (χ2n) is 4.85. The molecule has 5 nitrogen and oxygen atoms in total. The van der Waals surface area contributed by atoms with Crippen LogP contribution in [-0.4, -0.2) is 22.5 Å². The first-order valence-electron chi connectivity index (χ1n) is 5.56. The van der Waals surface area contributed by atoms with Crippen LogP contribution in [-0.2, 0) is 10.2 Å².